The largest absolute Gasteiger partial charge is 0.442 e. The summed E-state index contributed by atoms with van der Waals surface area (Å²) >= 11 is 0. The Morgan fingerprint density at radius 2 is 1.51 bits per heavy atom. The number of ether oxygens (including phenoxy) is 2. The number of nitrogens with one attached hydrogen (secondary N) is 2. The van der Waals surface area contributed by atoms with Crippen LogP contribution in [-0.4, -0.2) is 23.7 Å². The molecule has 0 saturated heterocycles. The number of pyridine rings is 1. The minimum Gasteiger partial charge on any atom is -0.442 e. The second kappa shape index (κ2) is 13.5. The van der Waals surface area contributed by atoms with Crippen LogP contribution in [0.2, 0.25) is 0 Å². The van der Waals surface area contributed by atoms with E-state index in [1.165, 1.54) is 12.1 Å². The second-order valence-electron chi connectivity index (χ2n) is 9.06. The molecule has 4 aromatic rings. The van der Waals surface area contributed by atoms with Crippen LogP contribution in [-0.2, 0) is 23.9 Å². The van der Waals surface area contributed by atoms with Crippen molar-refractivity contribution in [1.29, 1.82) is 0 Å². The summed E-state index contributed by atoms with van der Waals surface area (Å²) in [6.45, 7) is 2.02. The zero-order valence-electron chi connectivity index (χ0n) is 22.2. The topological polar surface area (TPSA) is 89.5 Å². The van der Waals surface area contributed by atoms with Crippen molar-refractivity contribution in [3.63, 3.8) is 0 Å². The molecule has 0 saturated carbocycles. The molecule has 0 unspecified atom stereocenters. The number of nitrogens with zero attached hydrogens (tertiary/aromatic N) is 1. The Bertz CT molecular complexity index is 1460. The first-order valence-electron chi connectivity index (χ1n) is 12.9. The number of carbonyl (C=O) groups is 2. The average Bonchev–Trinajstić information content (AvgIpc) is 2.97. The number of alkyl halides is 3. The number of rotatable bonds is 9. The summed E-state index contributed by atoms with van der Waals surface area (Å²) in [6, 6.07) is 24.4. The first kappa shape index (κ1) is 29.1. The number of benzene rings is 3. The van der Waals surface area contributed by atoms with E-state index in [-0.39, 0.29) is 6.54 Å². The van der Waals surface area contributed by atoms with Crippen molar-refractivity contribution in [1.82, 2.24) is 15.6 Å². The van der Waals surface area contributed by atoms with Gasteiger partial charge in [-0.1, -0.05) is 60.7 Å². The van der Waals surface area contributed by atoms with E-state index in [2.05, 4.69) is 15.6 Å². The predicted molar refractivity (Wildman–Crippen MR) is 147 cm³/mol. The van der Waals surface area contributed by atoms with Crippen molar-refractivity contribution >= 4 is 12.2 Å². The minimum absolute atomic E-state index is 0.0966. The minimum atomic E-state index is -4.44. The van der Waals surface area contributed by atoms with Gasteiger partial charge in [0.05, 0.1) is 5.56 Å². The van der Waals surface area contributed by atoms with Crippen LogP contribution in [0.25, 0.3) is 11.1 Å². The smallest absolute Gasteiger partial charge is 0.416 e. The molecule has 1 heterocycles. The van der Waals surface area contributed by atoms with Gasteiger partial charge >= 0.3 is 18.4 Å². The third-order valence-electron chi connectivity index (χ3n) is 6.19. The van der Waals surface area contributed by atoms with Crippen molar-refractivity contribution in [3.8, 4) is 16.9 Å². The van der Waals surface area contributed by atoms with Gasteiger partial charge in [0.2, 0.25) is 0 Å². The van der Waals surface area contributed by atoms with E-state index in [0.717, 1.165) is 29.0 Å². The highest BCUT2D eigenvalue weighted by Gasteiger charge is 2.30. The summed E-state index contributed by atoms with van der Waals surface area (Å²) in [5, 5.41) is 5.41. The van der Waals surface area contributed by atoms with Crippen LogP contribution in [0.4, 0.5) is 22.8 Å². The van der Waals surface area contributed by atoms with Gasteiger partial charge in [-0.05, 0) is 53.9 Å². The SMILES string of the molecule is C[C@@H](OC(=O)NCc1ccccc1-c1ccccc1OC(=O)NCCc1ccccn1)c1ccc(C(F)(F)F)cc1. The molecule has 1 atom stereocenters. The molecule has 10 heteroatoms. The molecule has 0 aliphatic heterocycles. The normalized spacial score (nSPS) is 11.8. The van der Waals surface area contributed by atoms with Crippen LogP contribution in [0.1, 0.15) is 35.4 Å². The summed E-state index contributed by atoms with van der Waals surface area (Å²) < 4.78 is 49.4. The molecular weight excluding hydrogens is 535 g/mol. The molecule has 1 aromatic heterocycles. The molecule has 0 radical (unpaired) electrons. The maximum Gasteiger partial charge on any atom is 0.416 e. The van der Waals surface area contributed by atoms with Crippen molar-refractivity contribution in [3.05, 3.63) is 120 Å². The Labute approximate surface area is 235 Å². The number of halogens is 3. The standard InChI is InChI=1S/C31H28F3N3O4/c1-21(22-13-15-24(16-14-22)31(32,33)34)40-30(39)37-20-23-8-2-3-10-26(23)27-11-4-5-12-28(27)41-29(38)36-19-17-25-9-6-7-18-35-25/h2-16,18,21H,17,19-20H2,1H3,(H,36,38)(H,37,39)/t21-/m1/s1. The highest BCUT2D eigenvalue weighted by molar-refractivity contribution is 5.79. The van der Waals surface area contributed by atoms with E-state index in [1.54, 1.807) is 31.3 Å². The number of alkyl carbamates (subject to hydrolysis) is 1. The van der Waals surface area contributed by atoms with Gasteiger partial charge in [-0.25, -0.2) is 9.59 Å². The van der Waals surface area contributed by atoms with E-state index in [0.29, 0.717) is 29.8 Å². The maximum absolute atomic E-state index is 12.8. The fourth-order valence-corrected chi connectivity index (χ4v) is 4.07. The number of para-hydroxylation sites is 1. The molecule has 41 heavy (non-hydrogen) atoms. The lowest BCUT2D eigenvalue weighted by atomic mass is 9.99. The molecule has 7 nitrogen and oxygen atoms in total. The monoisotopic (exact) mass is 563 g/mol. The molecule has 0 spiro atoms. The van der Waals surface area contributed by atoms with Gasteiger partial charge in [-0.3, -0.25) is 4.98 Å². The molecule has 0 fully saturated rings. The quantitative estimate of drug-likeness (QED) is 0.227. The second-order valence-corrected chi connectivity index (χ2v) is 9.06. The van der Waals surface area contributed by atoms with Gasteiger partial charge in [0.25, 0.3) is 0 Å². The molecule has 0 aliphatic rings. The van der Waals surface area contributed by atoms with Gasteiger partial charge in [0.15, 0.2) is 0 Å². The summed E-state index contributed by atoms with van der Waals surface area (Å²) in [6.07, 6.45) is -4.30. The number of amides is 2. The van der Waals surface area contributed by atoms with Gasteiger partial charge < -0.3 is 20.1 Å². The van der Waals surface area contributed by atoms with Crippen molar-refractivity contribution in [2.75, 3.05) is 6.54 Å². The molecule has 3 aromatic carbocycles. The third kappa shape index (κ3) is 8.31. The molecule has 0 bridgehead atoms. The molecule has 0 aliphatic carbocycles. The van der Waals surface area contributed by atoms with E-state index < -0.39 is 30.0 Å². The lowest BCUT2D eigenvalue weighted by molar-refractivity contribution is -0.137. The molecule has 2 amide bonds. The van der Waals surface area contributed by atoms with Crippen LogP contribution in [0.5, 0.6) is 5.75 Å². The number of hydrogen-bond acceptors (Lipinski definition) is 5. The van der Waals surface area contributed by atoms with E-state index in [4.69, 9.17) is 9.47 Å². The van der Waals surface area contributed by atoms with Gasteiger partial charge in [-0.2, -0.15) is 13.2 Å². The first-order chi connectivity index (χ1) is 19.7. The van der Waals surface area contributed by atoms with Crippen LogP contribution in [0.15, 0.2) is 97.2 Å². The number of aromatic nitrogens is 1. The fraction of sp³-hybridized carbons (Fsp3) is 0.194. The van der Waals surface area contributed by atoms with Crippen LogP contribution in [0, 0.1) is 0 Å². The Morgan fingerprint density at radius 3 is 2.22 bits per heavy atom. The summed E-state index contributed by atoms with van der Waals surface area (Å²) in [4.78, 5) is 29.2. The van der Waals surface area contributed by atoms with Crippen LogP contribution < -0.4 is 15.4 Å². The van der Waals surface area contributed by atoms with E-state index in [9.17, 15) is 22.8 Å². The fourth-order valence-electron chi connectivity index (χ4n) is 4.07. The summed E-state index contributed by atoms with van der Waals surface area (Å²) in [5.41, 5.74) is 2.62. The molecule has 4 rings (SSSR count). The van der Waals surface area contributed by atoms with Crippen LogP contribution >= 0.6 is 0 Å². The molecule has 2 N–H and O–H groups in total. The van der Waals surface area contributed by atoms with Crippen molar-refractivity contribution in [2.24, 2.45) is 0 Å². The number of hydrogen-bond donors (Lipinski definition) is 2. The first-order valence-corrected chi connectivity index (χ1v) is 12.9. The zero-order chi connectivity index (χ0) is 29.2. The average molecular weight is 564 g/mol. The maximum atomic E-state index is 12.8. The van der Waals surface area contributed by atoms with Gasteiger partial charge in [0.1, 0.15) is 11.9 Å². The zero-order valence-corrected chi connectivity index (χ0v) is 22.2. The predicted octanol–water partition coefficient (Wildman–Crippen LogP) is 7.09. The summed E-state index contributed by atoms with van der Waals surface area (Å²) in [7, 11) is 0. The summed E-state index contributed by atoms with van der Waals surface area (Å²) in [5.74, 6) is 0.341. The van der Waals surface area contributed by atoms with Gasteiger partial charge in [-0.15, -0.1) is 0 Å². The van der Waals surface area contributed by atoms with E-state index >= 15 is 0 Å². The van der Waals surface area contributed by atoms with Crippen LogP contribution in [0.3, 0.4) is 0 Å². The Morgan fingerprint density at radius 1 is 0.829 bits per heavy atom. The van der Waals surface area contributed by atoms with E-state index in [1.807, 2.05) is 48.5 Å². The number of carbonyl (C=O) groups excluding carboxylic acids is 2. The van der Waals surface area contributed by atoms with Gasteiger partial charge in [0, 0.05) is 37.0 Å². The lowest BCUT2D eigenvalue weighted by Crippen LogP contribution is -2.29. The molecule has 212 valence electrons. The highest BCUT2D eigenvalue weighted by Crippen LogP contribution is 2.33. The highest BCUT2D eigenvalue weighted by atomic mass is 19.4. The Balaban J connectivity index is 1.36. The van der Waals surface area contributed by atoms with Crippen molar-refractivity contribution in [2.45, 2.75) is 32.2 Å². The Kier molecular flexibility index (Phi) is 9.57. The molecular formula is C31H28F3N3O4. The third-order valence-corrected chi connectivity index (χ3v) is 6.19. The Hall–Kier alpha value is -4.86. The van der Waals surface area contributed by atoms with Crippen molar-refractivity contribution < 1.29 is 32.2 Å². The lowest BCUT2D eigenvalue weighted by Gasteiger charge is -2.17.